The Balaban J connectivity index is 1.84. The average Bonchev–Trinajstić information content (AvgIpc) is 2.62. The molecule has 0 radical (unpaired) electrons. The van der Waals surface area contributed by atoms with Crippen LogP contribution < -0.4 is 10.2 Å². The van der Waals surface area contributed by atoms with Crippen LogP contribution in [0.1, 0.15) is 17.5 Å². The number of aromatic hydroxyl groups is 1. The molecule has 25 heavy (non-hydrogen) atoms. The summed E-state index contributed by atoms with van der Waals surface area (Å²) in [6.45, 7) is 2.56. The Morgan fingerprint density at radius 2 is 2.12 bits per heavy atom. The monoisotopic (exact) mass is 333 g/mol. The van der Waals surface area contributed by atoms with Gasteiger partial charge in [-0.05, 0) is 55.2 Å². The lowest BCUT2D eigenvalue weighted by Crippen LogP contribution is -2.26. The third-order valence-corrected chi connectivity index (χ3v) is 4.25. The zero-order valence-corrected chi connectivity index (χ0v) is 14.0. The van der Waals surface area contributed by atoms with Crippen molar-refractivity contribution in [2.75, 3.05) is 16.8 Å². The summed E-state index contributed by atoms with van der Waals surface area (Å²) in [5, 5.41) is 21.6. The van der Waals surface area contributed by atoms with Crippen LogP contribution in [0, 0.1) is 18.3 Å². The van der Waals surface area contributed by atoms with Gasteiger partial charge in [-0.2, -0.15) is 5.26 Å². The second-order valence-corrected chi connectivity index (χ2v) is 6.03. The quantitative estimate of drug-likeness (QED) is 0.512. The molecule has 5 heteroatoms. The lowest BCUT2D eigenvalue weighted by atomic mass is 10.0. The van der Waals surface area contributed by atoms with Gasteiger partial charge in [-0.1, -0.05) is 18.2 Å². The summed E-state index contributed by atoms with van der Waals surface area (Å²) in [5.41, 5.74) is 3.60. The number of hydrogen-bond donors (Lipinski definition) is 2. The molecule has 0 fully saturated rings. The van der Waals surface area contributed by atoms with Gasteiger partial charge in [0.1, 0.15) is 17.4 Å². The lowest BCUT2D eigenvalue weighted by Gasteiger charge is -2.28. The summed E-state index contributed by atoms with van der Waals surface area (Å²) in [6.07, 6.45) is 3.59. The van der Waals surface area contributed by atoms with Crippen LogP contribution in [-0.2, 0) is 11.2 Å². The first-order chi connectivity index (χ1) is 12.1. The van der Waals surface area contributed by atoms with Crippen LogP contribution in [0.15, 0.2) is 54.2 Å². The van der Waals surface area contributed by atoms with Gasteiger partial charge in [0.15, 0.2) is 0 Å². The van der Waals surface area contributed by atoms with Crippen molar-refractivity contribution < 1.29 is 9.90 Å². The molecule has 1 aliphatic heterocycles. The third-order valence-electron chi connectivity index (χ3n) is 4.25. The van der Waals surface area contributed by atoms with E-state index in [1.807, 2.05) is 29.2 Å². The molecule has 2 N–H and O–H groups in total. The van der Waals surface area contributed by atoms with Crippen LogP contribution in [0.25, 0.3) is 0 Å². The number of carbonyl (C=O) groups is 1. The van der Waals surface area contributed by atoms with Crippen LogP contribution in [-0.4, -0.2) is 17.6 Å². The van der Waals surface area contributed by atoms with E-state index in [9.17, 15) is 15.2 Å². The largest absolute Gasteiger partial charge is 0.508 e. The molecular formula is C20H19N3O2. The lowest BCUT2D eigenvalue weighted by molar-refractivity contribution is -0.112. The van der Waals surface area contributed by atoms with Crippen LogP contribution in [0.5, 0.6) is 5.75 Å². The number of fused-ring (bicyclic) bond motifs is 1. The molecular weight excluding hydrogens is 314 g/mol. The van der Waals surface area contributed by atoms with Crippen molar-refractivity contribution in [1.29, 1.82) is 5.26 Å². The number of nitriles is 1. The highest BCUT2D eigenvalue weighted by atomic mass is 16.3. The van der Waals surface area contributed by atoms with Gasteiger partial charge in [0.05, 0.1) is 0 Å². The van der Waals surface area contributed by atoms with Crippen molar-refractivity contribution >= 4 is 17.3 Å². The minimum atomic E-state index is -0.459. The van der Waals surface area contributed by atoms with Gasteiger partial charge >= 0.3 is 0 Å². The van der Waals surface area contributed by atoms with Crippen LogP contribution >= 0.6 is 0 Å². The van der Waals surface area contributed by atoms with Gasteiger partial charge in [0.25, 0.3) is 5.91 Å². The fourth-order valence-corrected chi connectivity index (χ4v) is 2.97. The average molecular weight is 333 g/mol. The van der Waals surface area contributed by atoms with Gasteiger partial charge in [-0.25, -0.2) is 0 Å². The van der Waals surface area contributed by atoms with E-state index in [-0.39, 0.29) is 11.3 Å². The minimum Gasteiger partial charge on any atom is -0.508 e. The highest BCUT2D eigenvalue weighted by Gasteiger charge is 2.18. The molecule has 0 aromatic heterocycles. The standard InChI is InChI=1S/C20H19N3O2/c1-14-11-17(24)8-9-18(14)22-20(25)16(12-21)13-23-10-4-6-15-5-2-3-7-19(15)23/h2-3,5,7-9,11,13,24H,4,6,10H2,1H3,(H,22,25)/b16-13-. The van der Waals surface area contributed by atoms with Crippen LogP contribution in [0.2, 0.25) is 0 Å². The Morgan fingerprint density at radius 1 is 1.32 bits per heavy atom. The fourth-order valence-electron chi connectivity index (χ4n) is 2.97. The number of hydrogen-bond acceptors (Lipinski definition) is 4. The van der Waals surface area contributed by atoms with Crippen molar-refractivity contribution in [2.24, 2.45) is 0 Å². The van der Waals surface area contributed by atoms with E-state index >= 15 is 0 Å². The SMILES string of the molecule is Cc1cc(O)ccc1NC(=O)/C(C#N)=C\N1CCCc2ccccc21. The van der Waals surface area contributed by atoms with Crippen molar-refractivity contribution in [3.05, 3.63) is 65.4 Å². The van der Waals surface area contributed by atoms with E-state index in [2.05, 4.69) is 11.4 Å². The maximum Gasteiger partial charge on any atom is 0.267 e. The van der Waals surface area contributed by atoms with E-state index in [0.29, 0.717) is 5.69 Å². The van der Waals surface area contributed by atoms with Gasteiger partial charge in [-0.15, -0.1) is 0 Å². The molecule has 0 atom stereocenters. The predicted molar refractivity (Wildman–Crippen MR) is 97.3 cm³/mol. The van der Waals surface area contributed by atoms with E-state index in [1.54, 1.807) is 25.3 Å². The minimum absolute atomic E-state index is 0.0455. The first-order valence-corrected chi connectivity index (χ1v) is 8.16. The number of carbonyl (C=O) groups excluding carboxylic acids is 1. The molecule has 2 aromatic carbocycles. The van der Waals surface area contributed by atoms with Crippen molar-refractivity contribution in [2.45, 2.75) is 19.8 Å². The summed E-state index contributed by atoms with van der Waals surface area (Å²) in [4.78, 5) is 14.4. The Hall–Kier alpha value is -3.26. The number of nitrogens with zero attached hydrogens (tertiary/aromatic N) is 2. The first kappa shape index (κ1) is 16.6. The third kappa shape index (κ3) is 3.64. The smallest absolute Gasteiger partial charge is 0.267 e. The number of phenolic OH excluding ortho intramolecular Hbond substituents is 1. The van der Waals surface area contributed by atoms with E-state index in [4.69, 9.17) is 0 Å². The van der Waals surface area contributed by atoms with Crippen molar-refractivity contribution in [3.8, 4) is 11.8 Å². The molecule has 0 saturated heterocycles. The highest BCUT2D eigenvalue weighted by Crippen LogP contribution is 2.27. The molecule has 5 nitrogen and oxygen atoms in total. The molecule has 0 bridgehead atoms. The summed E-state index contributed by atoms with van der Waals surface area (Å²) in [6, 6.07) is 14.7. The predicted octanol–water partition coefficient (Wildman–Crippen LogP) is 3.50. The number of phenols is 1. The molecule has 0 unspecified atom stereocenters. The second kappa shape index (κ2) is 7.10. The number of rotatable bonds is 3. The normalized spacial score (nSPS) is 13.8. The summed E-state index contributed by atoms with van der Waals surface area (Å²) < 4.78 is 0. The maximum absolute atomic E-state index is 12.5. The van der Waals surface area contributed by atoms with Crippen LogP contribution in [0.3, 0.4) is 0 Å². The van der Waals surface area contributed by atoms with E-state index in [1.165, 1.54) is 11.6 Å². The molecule has 2 aromatic rings. The summed E-state index contributed by atoms with van der Waals surface area (Å²) >= 11 is 0. The maximum atomic E-state index is 12.5. The molecule has 3 rings (SSSR count). The number of amides is 1. The number of benzene rings is 2. The summed E-state index contributed by atoms with van der Waals surface area (Å²) in [5.74, 6) is -0.323. The highest BCUT2D eigenvalue weighted by molar-refractivity contribution is 6.07. The Bertz CT molecular complexity index is 881. The van der Waals surface area contributed by atoms with Crippen molar-refractivity contribution in [1.82, 2.24) is 0 Å². The fraction of sp³-hybridized carbons (Fsp3) is 0.200. The van der Waals surface area contributed by atoms with Crippen LogP contribution in [0.4, 0.5) is 11.4 Å². The molecule has 0 aliphatic carbocycles. The number of para-hydroxylation sites is 1. The molecule has 0 spiro atoms. The van der Waals surface area contributed by atoms with Gasteiger partial charge in [0, 0.05) is 24.1 Å². The molecule has 0 saturated carbocycles. The molecule has 126 valence electrons. The first-order valence-electron chi connectivity index (χ1n) is 8.16. The van der Waals surface area contributed by atoms with Gasteiger partial charge in [-0.3, -0.25) is 4.79 Å². The number of anilines is 2. The number of nitrogens with one attached hydrogen (secondary N) is 1. The topological polar surface area (TPSA) is 76.4 Å². The van der Waals surface area contributed by atoms with E-state index in [0.717, 1.165) is 30.6 Å². The molecule has 1 heterocycles. The Kier molecular flexibility index (Phi) is 4.71. The molecule has 1 aliphatic rings. The van der Waals surface area contributed by atoms with E-state index < -0.39 is 5.91 Å². The zero-order valence-electron chi connectivity index (χ0n) is 14.0. The van der Waals surface area contributed by atoms with Gasteiger partial charge < -0.3 is 15.3 Å². The number of aryl methyl sites for hydroxylation is 2. The molecule has 1 amide bonds. The Morgan fingerprint density at radius 3 is 2.88 bits per heavy atom. The second-order valence-electron chi connectivity index (χ2n) is 6.03. The van der Waals surface area contributed by atoms with Gasteiger partial charge in [0.2, 0.25) is 0 Å². The van der Waals surface area contributed by atoms with Crippen molar-refractivity contribution in [3.63, 3.8) is 0 Å². The Labute approximate surface area is 146 Å². The zero-order chi connectivity index (χ0) is 17.8. The summed E-state index contributed by atoms with van der Waals surface area (Å²) in [7, 11) is 0.